The van der Waals surface area contributed by atoms with Gasteiger partial charge in [0, 0.05) is 51.0 Å². The first-order valence-corrected chi connectivity index (χ1v) is 8.97. The molecule has 2 fully saturated rings. The van der Waals surface area contributed by atoms with Gasteiger partial charge in [-0.1, -0.05) is 6.42 Å². The lowest BCUT2D eigenvalue weighted by molar-refractivity contribution is -0.140. The standard InChI is InChI=1S/C18H29N3O2/c1-14-12-19-17(21(14)9-10-23-2)11-15-5-4-8-20(13-15)18(22)16-6-3-7-16/h12,15-16H,3-11,13H2,1-2H3. The van der Waals surface area contributed by atoms with Crippen LogP contribution < -0.4 is 0 Å². The summed E-state index contributed by atoms with van der Waals surface area (Å²) < 4.78 is 7.47. The Kier molecular flexibility index (Phi) is 5.36. The summed E-state index contributed by atoms with van der Waals surface area (Å²) in [4.78, 5) is 19.2. The van der Waals surface area contributed by atoms with E-state index in [-0.39, 0.29) is 0 Å². The van der Waals surface area contributed by atoms with E-state index in [1.54, 1.807) is 7.11 Å². The molecule has 1 aromatic heterocycles. The molecule has 1 saturated heterocycles. The fraction of sp³-hybridized carbons (Fsp3) is 0.778. The van der Waals surface area contributed by atoms with Crippen LogP contribution in [0.1, 0.15) is 43.6 Å². The summed E-state index contributed by atoms with van der Waals surface area (Å²) in [6, 6.07) is 0. The van der Waals surface area contributed by atoms with Crippen molar-refractivity contribution in [3.63, 3.8) is 0 Å². The molecule has 2 heterocycles. The van der Waals surface area contributed by atoms with Crippen LogP contribution in [0.5, 0.6) is 0 Å². The average molecular weight is 319 g/mol. The number of imidazole rings is 1. The second-order valence-electron chi connectivity index (χ2n) is 7.08. The molecule has 128 valence electrons. The van der Waals surface area contributed by atoms with Gasteiger partial charge in [-0.15, -0.1) is 0 Å². The monoisotopic (exact) mass is 319 g/mol. The first-order chi connectivity index (χ1) is 11.2. The van der Waals surface area contributed by atoms with Gasteiger partial charge >= 0.3 is 0 Å². The zero-order chi connectivity index (χ0) is 16.2. The van der Waals surface area contributed by atoms with E-state index in [0.29, 0.717) is 24.3 Å². The Morgan fingerprint density at radius 2 is 2.17 bits per heavy atom. The van der Waals surface area contributed by atoms with Gasteiger partial charge in [-0.3, -0.25) is 4.79 Å². The van der Waals surface area contributed by atoms with Crippen LogP contribution >= 0.6 is 0 Å². The quantitative estimate of drug-likeness (QED) is 0.809. The molecule has 1 aliphatic heterocycles. The Labute approximate surface area is 139 Å². The molecule has 1 amide bonds. The fourth-order valence-corrected chi connectivity index (χ4v) is 3.77. The first-order valence-electron chi connectivity index (χ1n) is 8.97. The molecule has 0 bridgehead atoms. The number of rotatable bonds is 6. The number of hydrogen-bond acceptors (Lipinski definition) is 3. The molecule has 1 atom stereocenters. The van der Waals surface area contributed by atoms with Crippen molar-refractivity contribution in [3.8, 4) is 0 Å². The minimum atomic E-state index is 0.319. The number of piperidine rings is 1. The molecule has 23 heavy (non-hydrogen) atoms. The highest BCUT2D eigenvalue weighted by atomic mass is 16.5. The molecule has 0 aromatic carbocycles. The zero-order valence-corrected chi connectivity index (χ0v) is 14.5. The van der Waals surface area contributed by atoms with Crippen molar-refractivity contribution in [1.29, 1.82) is 0 Å². The number of aromatic nitrogens is 2. The minimum Gasteiger partial charge on any atom is -0.383 e. The van der Waals surface area contributed by atoms with Gasteiger partial charge in [-0.2, -0.15) is 0 Å². The minimum absolute atomic E-state index is 0.319. The molecule has 3 rings (SSSR count). The molecule has 0 radical (unpaired) electrons. The maximum Gasteiger partial charge on any atom is 0.225 e. The third-order valence-electron chi connectivity index (χ3n) is 5.41. The number of hydrogen-bond donors (Lipinski definition) is 0. The number of ether oxygens (including phenoxy) is 1. The lowest BCUT2D eigenvalue weighted by Crippen LogP contribution is -2.45. The van der Waals surface area contributed by atoms with Crippen molar-refractivity contribution in [3.05, 3.63) is 17.7 Å². The summed E-state index contributed by atoms with van der Waals surface area (Å²) in [7, 11) is 1.73. The van der Waals surface area contributed by atoms with Gasteiger partial charge in [-0.25, -0.2) is 4.98 Å². The molecular weight excluding hydrogens is 290 g/mol. The van der Waals surface area contributed by atoms with Crippen LogP contribution in [-0.2, 0) is 22.5 Å². The number of aryl methyl sites for hydroxylation is 1. The maximum absolute atomic E-state index is 12.5. The number of methoxy groups -OCH3 is 1. The van der Waals surface area contributed by atoms with Crippen LogP contribution in [-0.4, -0.2) is 47.2 Å². The van der Waals surface area contributed by atoms with Crippen molar-refractivity contribution in [1.82, 2.24) is 14.5 Å². The fourth-order valence-electron chi connectivity index (χ4n) is 3.77. The molecule has 1 aromatic rings. The molecule has 5 heteroatoms. The average Bonchev–Trinajstić information content (AvgIpc) is 2.84. The predicted octanol–water partition coefficient (Wildman–Crippen LogP) is 2.42. The summed E-state index contributed by atoms with van der Waals surface area (Å²) in [5.41, 5.74) is 1.19. The lowest BCUT2D eigenvalue weighted by atomic mass is 9.83. The van der Waals surface area contributed by atoms with E-state index in [1.165, 1.54) is 18.5 Å². The second kappa shape index (κ2) is 7.47. The van der Waals surface area contributed by atoms with E-state index in [4.69, 9.17) is 4.74 Å². The summed E-state index contributed by atoms with van der Waals surface area (Å²) >= 11 is 0. The smallest absolute Gasteiger partial charge is 0.225 e. The highest BCUT2D eigenvalue weighted by Gasteiger charge is 2.32. The van der Waals surface area contributed by atoms with Crippen molar-refractivity contribution in [2.75, 3.05) is 26.8 Å². The Morgan fingerprint density at radius 1 is 1.35 bits per heavy atom. The van der Waals surface area contributed by atoms with Crippen LogP contribution in [0, 0.1) is 18.8 Å². The van der Waals surface area contributed by atoms with Crippen LogP contribution in [0.25, 0.3) is 0 Å². The van der Waals surface area contributed by atoms with Crippen LogP contribution in [0.15, 0.2) is 6.20 Å². The summed E-state index contributed by atoms with van der Waals surface area (Å²) in [5.74, 6) is 2.40. The first kappa shape index (κ1) is 16.5. The third-order valence-corrected chi connectivity index (χ3v) is 5.41. The van der Waals surface area contributed by atoms with Gasteiger partial charge in [-0.05, 0) is 38.5 Å². The topological polar surface area (TPSA) is 47.4 Å². The maximum atomic E-state index is 12.5. The Morgan fingerprint density at radius 3 is 2.87 bits per heavy atom. The van der Waals surface area contributed by atoms with Crippen molar-refractivity contribution in [2.45, 2.75) is 52.0 Å². The second-order valence-corrected chi connectivity index (χ2v) is 7.08. The Balaban J connectivity index is 1.60. The molecule has 0 spiro atoms. The number of carbonyl (C=O) groups excluding carboxylic acids is 1. The number of carbonyl (C=O) groups is 1. The molecule has 1 saturated carbocycles. The van der Waals surface area contributed by atoms with E-state index >= 15 is 0 Å². The van der Waals surface area contributed by atoms with Gasteiger partial charge in [0.1, 0.15) is 5.82 Å². The predicted molar refractivity (Wildman–Crippen MR) is 89.2 cm³/mol. The molecule has 1 aliphatic carbocycles. The molecule has 2 aliphatic rings. The van der Waals surface area contributed by atoms with E-state index in [2.05, 4.69) is 21.4 Å². The Hall–Kier alpha value is -1.36. The Bertz CT molecular complexity index is 536. The van der Waals surface area contributed by atoms with Gasteiger partial charge in [0.15, 0.2) is 0 Å². The molecule has 5 nitrogen and oxygen atoms in total. The van der Waals surface area contributed by atoms with Crippen LogP contribution in [0.2, 0.25) is 0 Å². The highest BCUT2D eigenvalue weighted by molar-refractivity contribution is 5.79. The van der Waals surface area contributed by atoms with Crippen molar-refractivity contribution >= 4 is 5.91 Å². The summed E-state index contributed by atoms with van der Waals surface area (Å²) in [6.45, 7) is 5.52. The van der Waals surface area contributed by atoms with Crippen LogP contribution in [0.3, 0.4) is 0 Å². The number of likely N-dealkylation sites (tertiary alicyclic amines) is 1. The van der Waals surface area contributed by atoms with E-state index in [9.17, 15) is 4.79 Å². The van der Waals surface area contributed by atoms with Gasteiger partial charge < -0.3 is 14.2 Å². The largest absolute Gasteiger partial charge is 0.383 e. The van der Waals surface area contributed by atoms with E-state index < -0.39 is 0 Å². The number of nitrogens with zero attached hydrogens (tertiary/aromatic N) is 3. The normalized spacial score (nSPS) is 22.2. The van der Waals surface area contributed by atoms with Gasteiger partial charge in [0.25, 0.3) is 0 Å². The van der Waals surface area contributed by atoms with Crippen molar-refractivity contribution < 1.29 is 9.53 Å². The number of amides is 1. The SMILES string of the molecule is COCCn1c(C)cnc1CC1CCCN(C(=O)C2CCC2)C1. The summed E-state index contributed by atoms with van der Waals surface area (Å²) in [6.07, 6.45) is 8.66. The highest BCUT2D eigenvalue weighted by Crippen LogP contribution is 2.30. The van der Waals surface area contributed by atoms with E-state index in [1.807, 2.05) is 6.20 Å². The van der Waals surface area contributed by atoms with Gasteiger partial charge in [0.2, 0.25) is 5.91 Å². The lowest BCUT2D eigenvalue weighted by Gasteiger charge is -2.37. The van der Waals surface area contributed by atoms with E-state index in [0.717, 1.165) is 51.1 Å². The third kappa shape index (κ3) is 3.77. The summed E-state index contributed by atoms with van der Waals surface area (Å²) in [5, 5.41) is 0. The molecule has 1 unspecified atom stereocenters. The van der Waals surface area contributed by atoms with Crippen molar-refractivity contribution in [2.24, 2.45) is 11.8 Å². The molecule has 0 N–H and O–H groups in total. The van der Waals surface area contributed by atoms with Gasteiger partial charge in [0.05, 0.1) is 6.61 Å². The zero-order valence-electron chi connectivity index (χ0n) is 14.5. The van der Waals surface area contributed by atoms with Crippen LogP contribution in [0.4, 0.5) is 0 Å². The molecular formula is C18H29N3O2.